The highest BCUT2D eigenvalue weighted by Gasteiger charge is 2.20. The highest BCUT2D eigenvalue weighted by atomic mass is 32.2. The number of hydrogen-bond acceptors (Lipinski definition) is 7. The summed E-state index contributed by atoms with van der Waals surface area (Å²) >= 11 is 0.816. The van der Waals surface area contributed by atoms with Crippen LogP contribution in [0.25, 0.3) is 0 Å². The number of amides is 1. The van der Waals surface area contributed by atoms with E-state index in [1.165, 1.54) is 31.2 Å². The molecule has 0 fully saturated rings. The Labute approximate surface area is 175 Å². The summed E-state index contributed by atoms with van der Waals surface area (Å²) in [5.74, 6) is -1.13. The van der Waals surface area contributed by atoms with Crippen LogP contribution in [0.1, 0.15) is 15.4 Å². The molecule has 13 heteroatoms. The third-order valence-corrected chi connectivity index (χ3v) is 7.27. The number of primary sulfonamides is 1. The third kappa shape index (κ3) is 4.99. The molecule has 3 aromatic rings. The van der Waals surface area contributed by atoms with Gasteiger partial charge in [0.2, 0.25) is 10.0 Å². The van der Waals surface area contributed by atoms with Gasteiger partial charge in [0.05, 0.1) is 15.5 Å². The molecule has 0 radical (unpaired) electrons. The van der Waals surface area contributed by atoms with Gasteiger partial charge >= 0.3 is 0 Å². The molecule has 0 aliphatic heterocycles. The van der Waals surface area contributed by atoms with E-state index in [1.807, 2.05) is 0 Å². The summed E-state index contributed by atoms with van der Waals surface area (Å²) in [5.41, 5.74) is 0.601. The highest BCUT2D eigenvalue weighted by Crippen LogP contribution is 2.26. The van der Waals surface area contributed by atoms with Gasteiger partial charge in [-0.25, -0.2) is 31.3 Å². The first kappa shape index (κ1) is 21.8. The Balaban J connectivity index is 1.77. The Hall–Kier alpha value is -2.87. The van der Waals surface area contributed by atoms with Gasteiger partial charge in [-0.15, -0.1) is 0 Å². The zero-order chi connectivity index (χ0) is 22.1. The molecule has 1 heterocycles. The van der Waals surface area contributed by atoms with Gasteiger partial charge in [0, 0.05) is 5.69 Å². The van der Waals surface area contributed by atoms with Crippen molar-refractivity contribution in [3.63, 3.8) is 0 Å². The van der Waals surface area contributed by atoms with E-state index in [0.29, 0.717) is 5.69 Å². The van der Waals surface area contributed by atoms with Gasteiger partial charge in [0.25, 0.3) is 15.9 Å². The fraction of sp³-hybridized carbons (Fsp3) is 0.0588. The summed E-state index contributed by atoms with van der Waals surface area (Å²) in [6.45, 7) is 1.53. The lowest BCUT2D eigenvalue weighted by molar-refractivity contribution is 0.102. The second kappa shape index (κ2) is 8.10. The van der Waals surface area contributed by atoms with Crippen molar-refractivity contribution in [1.29, 1.82) is 0 Å². The predicted octanol–water partition coefficient (Wildman–Crippen LogP) is 2.29. The fourth-order valence-corrected chi connectivity index (χ4v) is 4.97. The minimum absolute atomic E-state index is 0.0356. The molecule has 30 heavy (non-hydrogen) atoms. The first-order chi connectivity index (χ1) is 14.0. The summed E-state index contributed by atoms with van der Waals surface area (Å²) in [7, 11) is -7.86. The molecular weight excluding hydrogens is 455 g/mol. The number of aryl methyl sites for hydroxylation is 1. The number of rotatable bonds is 6. The molecular formula is C17H15FN4O5S3. The number of benzene rings is 2. The van der Waals surface area contributed by atoms with E-state index in [-0.39, 0.29) is 25.5 Å². The second-order valence-electron chi connectivity index (χ2n) is 6.02. The number of halogens is 1. The topological polar surface area (TPSA) is 148 Å². The maximum atomic E-state index is 13.0. The predicted molar refractivity (Wildman–Crippen MR) is 110 cm³/mol. The molecule has 0 atom stereocenters. The van der Waals surface area contributed by atoms with Crippen LogP contribution in [0, 0.1) is 12.7 Å². The number of nitrogens with two attached hydrogens (primary N) is 1. The number of carbonyl (C=O) groups excluding carboxylic acids is 1. The number of anilines is 2. The lowest BCUT2D eigenvalue weighted by atomic mass is 10.3. The molecule has 0 saturated heterocycles. The first-order valence-electron chi connectivity index (χ1n) is 8.16. The zero-order valence-corrected chi connectivity index (χ0v) is 17.7. The van der Waals surface area contributed by atoms with Crippen molar-refractivity contribution in [1.82, 2.24) is 4.98 Å². The molecule has 0 saturated carbocycles. The van der Waals surface area contributed by atoms with Gasteiger partial charge in [-0.2, -0.15) is 0 Å². The smallest absolute Gasteiger partial charge is 0.267 e. The number of thiazole rings is 1. The molecule has 1 aromatic heterocycles. The average molecular weight is 471 g/mol. The lowest BCUT2D eigenvalue weighted by Crippen LogP contribution is -2.13. The van der Waals surface area contributed by atoms with E-state index in [9.17, 15) is 26.0 Å². The Bertz CT molecular complexity index is 1300. The van der Waals surface area contributed by atoms with Crippen LogP contribution in [0.4, 0.5) is 15.2 Å². The van der Waals surface area contributed by atoms with E-state index in [2.05, 4.69) is 15.0 Å². The quantitative estimate of drug-likeness (QED) is 0.503. The Morgan fingerprint density at radius 2 is 1.57 bits per heavy atom. The molecule has 158 valence electrons. The van der Waals surface area contributed by atoms with Gasteiger partial charge in [0.15, 0.2) is 5.13 Å². The van der Waals surface area contributed by atoms with Crippen molar-refractivity contribution in [2.24, 2.45) is 5.14 Å². The Morgan fingerprint density at radius 3 is 2.13 bits per heavy atom. The fourth-order valence-electron chi connectivity index (χ4n) is 2.35. The van der Waals surface area contributed by atoms with Crippen LogP contribution in [-0.4, -0.2) is 27.7 Å². The average Bonchev–Trinajstić information content (AvgIpc) is 3.01. The van der Waals surface area contributed by atoms with Gasteiger partial charge in [-0.05, 0) is 55.5 Å². The van der Waals surface area contributed by atoms with E-state index < -0.39 is 31.8 Å². The van der Waals surface area contributed by atoms with Gasteiger partial charge in [0.1, 0.15) is 10.7 Å². The number of carbonyl (C=O) groups is 1. The normalized spacial score (nSPS) is 11.8. The summed E-state index contributed by atoms with van der Waals surface area (Å²) in [6, 6.07) is 9.47. The van der Waals surface area contributed by atoms with Gasteiger partial charge in [-0.1, -0.05) is 11.3 Å². The van der Waals surface area contributed by atoms with E-state index in [4.69, 9.17) is 5.14 Å². The number of nitrogens with zero attached hydrogens (tertiary/aromatic N) is 1. The lowest BCUT2D eigenvalue weighted by Gasteiger charge is -2.05. The SMILES string of the molecule is Cc1nc(NS(=O)(=O)c2ccc(F)cc2)sc1C(=O)Nc1ccc(S(N)(=O)=O)cc1. The van der Waals surface area contributed by atoms with Crippen molar-refractivity contribution in [2.45, 2.75) is 16.7 Å². The number of hydrogen-bond donors (Lipinski definition) is 3. The van der Waals surface area contributed by atoms with Crippen LogP contribution >= 0.6 is 11.3 Å². The van der Waals surface area contributed by atoms with Crippen LogP contribution in [0.15, 0.2) is 58.3 Å². The van der Waals surface area contributed by atoms with E-state index in [1.54, 1.807) is 0 Å². The Kier molecular flexibility index (Phi) is 5.90. The van der Waals surface area contributed by atoms with Gasteiger partial charge < -0.3 is 5.32 Å². The van der Waals surface area contributed by atoms with E-state index in [0.717, 1.165) is 35.6 Å². The van der Waals surface area contributed by atoms with Crippen LogP contribution < -0.4 is 15.2 Å². The maximum Gasteiger partial charge on any atom is 0.267 e. The van der Waals surface area contributed by atoms with Crippen molar-refractivity contribution in [2.75, 3.05) is 10.0 Å². The molecule has 1 amide bonds. The summed E-state index contributed by atoms with van der Waals surface area (Å²) in [6.07, 6.45) is 0. The molecule has 0 spiro atoms. The number of aromatic nitrogens is 1. The van der Waals surface area contributed by atoms with Crippen LogP contribution in [-0.2, 0) is 20.0 Å². The molecule has 3 rings (SSSR count). The molecule has 2 aromatic carbocycles. The van der Waals surface area contributed by atoms with E-state index >= 15 is 0 Å². The molecule has 0 aliphatic rings. The highest BCUT2D eigenvalue weighted by molar-refractivity contribution is 7.93. The molecule has 0 bridgehead atoms. The standard InChI is InChI=1S/C17H15FN4O5S3/c1-10-15(16(23)21-12-4-8-13(9-5-12)29(19,24)25)28-17(20-10)22-30(26,27)14-6-2-11(18)3-7-14/h2-9H,1H3,(H,20,22)(H,21,23)(H2,19,24,25). The number of nitrogens with one attached hydrogen (secondary N) is 2. The van der Waals surface area contributed by atoms with Crippen LogP contribution in [0.2, 0.25) is 0 Å². The Morgan fingerprint density at radius 1 is 1.00 bits per heavy atom. The second-order valence-corrected chi connectivity index (χ2v) is 10.3. The summed E-state index contributed by atoms with van der Waals surface area (Å²) in [5, 5.41) is 7.56. The minimum atomic E-state index is -4.01. The summed E-state index contributed by atoms with van der Waals surface area (Å²) < 4.78 is 62.6. The van der Waals surface area contributed by atoms with Gasteiger partial charge in [-0.3, -0.25) is 9.52 Å². The zero-order valence-electron chi connectivity index (χ0n) is 15.3. The van der Waals surface area contributed by atoms with Crippen molar-refractivity contribution in [3.8, 4) is 0 Å². The maximum absolute atomic E-state index is 13.0. The van der Waals surface area contributed by atoms with Crippen molar-refractivity contribution < 1.29 is 26.0 Å². The molecule has 0 aliphatic carbocycles. The monoisotopic (exact) mass is 470 g/mol. The minimum Gasteiger partial charge on any atom is -0.321 e. The van der Waals surface area contributed by atoms with Crippen molar-refractivity contribution >= 4 is 48.1 Å². The number of sulfonamides is 2. The van der Waals surface area contributed by atoms with Crippen LogP contribution in [0.5, 0.6) is 0 Å². The summed E-state index contributed by atoms with van der Waals surface area (Å²) in [4.78, 5) is 16.4. The van der Waals surface area contributed by atoms with Crippen molar-refractivity contribution in [3.05, 3.63) is 64.9 Å². The third-order valence-electron chi connectivity index (χ3n) is 3.79. The largest absolute Gasteiger partial charge is 0.321 e. The molecule has 0 unspecified atom stereocenters. The van der Waals surface area contributed by atoms with Crippen LogP contribution in [0.3, 0.4) is 0 Å². The first-order valence-corrected chi connectivity index (χ1v) is 12.0. The molecule has 4 N–H and O–H groups in total. The molecule has 9 nitrogen and oxygen atoms in total.